The quantitative estimate of drug-likeness (QED) is 0.593. The molecular weight excluding hydrogens is 166 g/mol. The molecule has 0 aromatic heterocycles. The molecule has 0 aromatic carbocycles. The largest absolute Gasteiger partial charge is 0.349 e. The van der Waals surface area contributed by atoms with Gasteiger partial charge in [-0.15, -0.1) is 0 Å². The minimum atomic E-state index is -0.249. The molecule has 1 N–H and O–H groups in total. The average molecular weight is 179 g/mol. The van der Waals surface area contributed by atoms with E-state index in [1.807, 2.05) is 0 Å². The summed E-state index contributed by atoms with van der Waals surface area (Å²) in [5.74, 6) is 0.357. The van der Waals surface area contributed by atoms with Crippen molar-refractivity contribution in [1.82, 2.24) is 5.32 Å². The van der Waals surface area contributed by atoms with Gasteiger partial charge in [0.2, 0.25) is 5.91 Å². The number of amides is 1. The standard InChI is InChI=1S/C10H13NO2/c12-7-4-10(8(13)11-5-7)6-9(10)2-1-3-9/h1-6H2,(H,11,13). The number of carbonyl (C=O) groups is 2. The van der Waals surface area contributed by atoms with E-state index < -0.39 is 0 Å². The van der Waals surface area contributed by atoms with Crippen molar-refractivity contribution >= 4 is 11.7 Å². The molecule has 2 saturated carbocycles. The molecule has 3 aliphatic rings. The molecular formula is C10H13NO2. The summed E-state index contributed by atoms with van der Waals surface area (Å²) in [6.45, 7) is 0.261. The van der Waals surface area contributed by atoms with E-state index in [1.165, 1.54) is 6.42 Å². The van der Waals surface area contributed by atoms with Crippen molar-refractivity contribution < 1.29 is 9.59 Å². The third kappa shape index (κ3) is 0.713. The lowest BCUT2D eigenvalue weighted by Gasteiger charge is -2.33. The summed E-state index contributed by atoms with van der Waals surface area (Å²) in [5.41, 5.74) is 0.00769. The van der Waals surface area contributed by atoms with Crippen LogP contribution in [0.2, 0.25) is 0 Å². The monoisotopic (exact) mass is 179 g/mol. The molecule has 1 heterocycles. The zero-order valence-corrected chi connectivity index (χ0v) is 7.56. The Morgan fingerprint density at radius 2 is 2.00 bits per heavy atom. The Balaban J connectivity index is 1.90. The Labute approximate surface area is 76.9 Å². The van der Waals surface area contributed by atoms with Gasteiger partial charge in [-0.3, -0.25) is 9.59 Å². The Bertz CT molecular complexity index is 306. The molecule has 70 valence electrons. The number of nitrogens with one attached hydrogen (secondary N) is 1. The van der Waals surface area contributed by atoms with E-state index in [4.69, 9.17) is 0 Å². The summed E-state index contributed by atoms with van der Waals surface area (Å²) < 4.78 is 0. The highest BCUT2D eigenvalue weighted by atomic mass is 16.2. The summed E-state index contributed by atoms with van der Waals surface area (Å²) in [7, 11) is 0. The van der Waals surface area contributed by atoms with Crippen LogP contribution < -0.4 is 5.32 Å². The molecule has 3 nitrogen and oxygen atoms in total. The Morgan fingerprint density at radius 3 is 2.54 bits per heavy atom. The van der Waals surface area contributed by atoms with Gasteiger partial charge in [0.15, 0.2) is 5.78 Å². The average Bonchev–Trinajstić information content (AvgIpc) is 2.68. The highest BCUT2D eigenvalue weighted by molar-refractivity contribution is 5.99. The third-order valence-corrected chi connectivity index (χ3v) is 4.22. The highest BCUT2D eigenvalue weighted by Crippen LogP contribution is 2.75. The molecule has 13 heavy (non-hydrogen) atoms. The van der Waals surface area contributed by atoms with E-state index in [-0.39, 0.29) is 29.1 Å². The second-order valence-electron chi connectivity index (χ2n) is 4.79. The van der Waals surface area contributed by atoms with Gasteiger partial charge < -0.3 is 5.32 Å². The normalized spacial score (nSPS) is 40.3. The van der Waals surface area contributed by atoms with E-state index in [9.17, 15) is 9.59 Å². The van der Waals surface area contributed by atoms with Crippen molar-refractivity contribution in [2.24, 2.45) is 10.8 Å². The lowest BCUT2D eigenvalue weighted by atomic mass is 9.72. The van der Waals surface area contributed by atoms with Gasteiger partial charge in [0.1, 0.15) is 0 Å². The zero-order chi connectivity index (χ0) is 9.10. The molecule has 0 aromatic rings. The summed E-state index contributed by atoms with van der Waals surface area (Å²) in [6, 6.07) is 0. The van der Waals surface area contributed by atoms with Crippen LogP contribution in [-0.4, -0.2) is 18.2 Å². The van der Waals surface area contributed by atoms with Crippen LogP contribution in [0.3, 0.4) is 0 Å². The summed E-state index contributed by atoms with van der Waals surface area (Å²) in [5, 5.41) is 2.72. The van der Waals surface area contributed by atoms with Crippen molar-refractivity contribution in [3.8, 4) is 0 Å². The van der Waals surface area contributed by atoms with Crippen molar-refractivity contribution in [2.45, 2.75) is 32.1 Å². The van der Waals surface area contributed by atoms with E-state index in [2.05, 4.69) is 5.32 Å². The minimum absolute atomic E-state index is 0.145. The lowest BCUT2D eigenvalue weighted by Crippen LogP contribution is -2.46. The topological polar surface area (TPSA) is 46.2 Å². The molecule has 1 amide bonds. The van der Waals surface area contributed by atoms with Crippen molar-refractivity contribution in [3.05, 3.63) is 0 Å². The van der Waals surface area contributed by atoms with Gasteiger partial charge in [-0.2, -0.15) is 0 Å². The van der Waals surface area contributed by atoms with E-state index in [0.29, 0.717) is 6.42 Å². The van der Waals surface area contributed by atoms with Crippen LogP contribution in [0.5, 0.6) is 0 Å². The molecule has 2 spiro atoms. The second kappa shape index (κ2) is 1.97. The zero-order valence-electron chi connectivity index (χ0n) is 7.56. The van der Waals surface area contributed by atoms with Gasteiger partial charge in [0, 0.05) is 6.42 Å². The predicted molar refractivity (Wildman–Crippen MR) is 46.0 cm³/mol. The highest BCUT2D eigenvalue weighted by Gasteiger charge is 2.74. The van der Waals surface area contributed by atoms with Crippen LogP contribution in [0, 0.1) is 10.8 Å². The Morgan fingerprint density at radius 1 is 1.23 bits per heavy atom. The number of piperidine rings is 1. The van der Waals surface area contributed by atoms with Crippen molar-refractivity contribution in [1.29, 1.82) is 0 Å². The summed E-state index contributed by atoms with van der Waals surface area (Å²) in [4.78, 5) is 22.9. The molecule has 3 rings (SSSR count). The number of rotatable bonds is 0. The third-order valence-electron chi connectivity index (χ3n) is 4.22. The minimum Gasteiger partial charge on any atom is -0.349 e. The number of carbonyl (C=O) groups excluding carboxylic acids is 2. The predicted octanol–water partition coefficient (Wildman–Crippen LogP) is 0.636. The number of fused-ring (bicyclic) bond motifs is 1. The first-order chi connectivity index (χ1) is 6.19. The van der Waals surface area contributed by atoms with Crippen LogP contribution >= 0.6 is 0 Å². The fourth-order valence-corrected chi connectivity index (χ4v) is 3.19. The van der Waals surface area contributed by atoms with Gasteiger partial charge >= 0.3 is 0 Å². The lowest BCUT2D eigenvalue weighted by molar-refractivity contribution is -0.137. The number of ketones is 1. The van der Waals surface area contributed by atoms with Gasteiger partial charge in [-0.1, -0.05) is 6.42 Å². The first kappa shape index (κ1) is 7.54. The molecule has 3 fully saturated rings. The van der Waals surface area contributed by atoms with Crippen molar-refractivity contribution in [2.75, 3.05) is 6.54 Å². The molecule has 3 heteroatoms. The maximum atomic E-state index is 11.7. The van der Waals surface area contributed by atoms with Crippen LogP contribution in [0.4, 0.5) is 0 Å². The molecule has 0 bridgehead atoms. The van der Waals surface area contributed by atoms with Crippen LogP contribution in [0.15, 0.2) is 0 Å². The van der Waals surface area contributed by atoms with Gasteiger partial charge in [0.05, 0.1) is 12.0 Å². The molecule has 2 aliphatic carbocycles. The van der Waals surface area contributed by atoms with E-state index in [1.54, 1.807) is 0 Å². The summed E-state index contributed by atoms with van der Waals surface area (Å²) >= 11 is 0. The number of Topliss-reactive ketones (excluding diaryl/α,β-unsaturated/α-hetero) is 1. The maximum Gasteiger partial charge on any atom is 0.227 e. The molecule has 1 saturated heterocycles. The van der Waals surface area contributed by atoms with Crippen LogP contribution in [-0.2, 0) is 9.59 Å². The molecule has 1 atom stereocenters. The van der Waals surface area contributed by atoms with Gasteiger partial charge in [-0.25, -0.2) is 0 Å². The van der Waals surface area contributed by atoms with Crippen LogP contribution in [0.25, 0.3) is 0 Å². The molecule has 1 unspecified atom stereocenters. The second-order valence-corrected chi connectivity index (χ2v) is 4.79. The van der Waals surface area contributed by atoms with E-state index in [0.717, 1.165) is 19.3 Å². The molecule has 0 radical (unpaired) electrons. The fraction of sp³-hybridized carbons (Fsp3) is 0.800. The first-order valence-corrected chi connectivity index (χ1v) is 4.99. The van der Waals surface area contributed by atoms with Crippen LogP contribution in [0.1, 0.15) is 32.1 Å². The van der Waals surface area contributed by atoms with Gasteiger partial charge in [0.25, 0.3) is 0 Å². The Kier molecular flexibility index (Phi) is 1.14. The van der Waals surface area contributed by atoms with Crippen molar-refractivity contribution in [3.63, 3.8) is 0 Å². The Hall–Kier alpha value is -0.860. The van der Waals surface area contributed by atoms with Gasteiger partial charge in [-0.05, 0) is 24.7 Å². The summed E-state index contributed by atoms with van der Waals surface area (Å²) in [6.07, 6.45) is 5.04. The fourth-order valence-electron chi connectivity index (χ4n) is 3.19. The molecule has 1 aliphatic heterocycles. The van der Waals surface area contributed by atoms with E-state index >= 15 is 0 Å². The maximum absolute atomic E-state index is 11.7. The number of hydrogen-bond acceptors (Lipinski definition) is 2. The SMILES string of the molecule is O=C1CNC(=O)C2(C1)CC21CCC1. The first-order valence-electron chi connectivity index (χ1n) is 4.99. The smallest absolute Gasteiger partial charge is 0.227 e. The number of hydrogen-bond donors (Lipinski definition) is 1.